The first-order valence-corrected chi connectivity index (χ1v) is 7.57. The normalized spacial score (nSPS) is 46.3. The molecule has 3 aliphatic carbocycles. The van der Waals surface area contributed by atoms with Crippen molar-refractivity contribution in [2.24, 2.45) is 29.6 Å². The van der Waals surface area contributed by atoms with Crippen LogP contribution in [0.2, 0.25) is 0 Å². The summed E-state index contributed by atoms with van der Waals surface area (Å²) < 4.78 is 0. The summed E-state index contributed by atoms with van der Waals surface area (Å²) in [5.74, 6) is 3.99. The Morgan fingerprint density at radius 1 is 0.765 bits per heavy atom. The van der Waals surface area contributed by atoms with Crippen molar-refractivity contribution in [2.45, 2.75) is 51.9 Å². The Morgan fingerprint density at radius 3 is 2.06 bits per heavy atom. The van der Waals surface area contributed by atoms with Crippen LogP contribution in [-0.2, 0) is 0 Å². The van der Waals surface area contributed by atoms with Gasteiger partial charge in [-0.3, -0.25) is 0 Å². The van der Waals surface area contributed by atoms with Gasteiger partial charge in [0.2, 0.25) is 0 Å². The molecule has 3 rings (SSSR count). The van der Waals surface area contributed by atoms with Crippen LogP contribution in [0.25, 0.3) is 0 Å². The van der Waals surface area contributed by atoms with Gasteiger partial charge in [-0.25, -0.2) is 0 Å². The molecule has 0 N–H and O–H groups in total. The molecular formula is C17H26. The van der Waals surface area contributed by atoms with Crippen molar-refractivity contribution in [3.8, 4) is 0 Å². The van der Waals surface area contributed by atoms with E-state index in [2.05, 4.69) is 20.1 Å². The standard InChI is InChI=1S/C17H26/c1-11-7-6-10-16-12(2)14-8-4-5-9-15(14)13(3)17(11)16/h11,14-17H,2-10H2,1H3. The van der Waals surface area contributed by atoms with Gasteiger partial charge >= 0.3 is 0 Å². The zero-order valence-electron chi connectivity index (χ0n) is 11.3. The number of fused-ring (bicyclic) bond motifs is 2. The number of hydrogen-bond donors (Lipinski definition) is 0. The van der Waals surface area contributed by atoms with Crippen molar-refractivity contribution < 1.29 is 0 Å². The minimum absolute atomic E-state index is 0.774. The molecule has 0 aliphatic heterocycles. The van der Waals surface area contributed by atoms with Crippen molar-refractivity contribution >= 4 is 0 Å². The Morgan fingerprint density at radius 2 is 1.35 bits per heavy atom. The molecule has 0 spiro atoms. The summed E-state index contributed by atoms with van der Waals surface area (Å²) >= 11 is 0. The van der Waals surface area contributed by atoms with Crippen molar-refractivity contribution in [2.75, 3.05) is 0 Å². The van der Waals surface area contributed by atoms with E-state index in [-0.39, 0.29) is 0 Å². The molecule has 0 aromatic heterocycles. The topological polar surface area (TPSA) is 0 Å². The van der Waals surface area contributed by atoms with E-state index in [0.29, 0.717) is 0 Å². The van der Waals surface area contributed by atoms with Crippen LogP contribution < -0.4 is 0 Å². The Bertz CT molecular complexity index is 338. The second kappa shape index (κ2) is 4.30. The maximum atomic E-state index is 4.53. The number of allylic oxidation sites excluding steroid dienone is 2. The lowest BCUT2D eigenvalue weighted by molar-refractivity contribution is 0.135. The fraction of sp³-hybridized carbons (Fsp3) is 0.765. The zero-order chi connectivity index (χ0) is 12.0. The average molecular weight is 230 g/mol. The molecular weight excluding hydrogens is 204 g/mol. The molecule has 0 heteroatoms. The van der Waals surface area contributed by atoms with E-state index in [1.54, 1.807) is 11.1 Å². The third-order valence-electron chi connectivity index (χ3n) is 5.84. The number of rotatable bonds is 0. The van der Waals surface area contributed by atoms with Crippen LogP contribution in [0.5, 0.6) is 0 Å². The van der Waals surface area contributed by atoms with Crippen LogP contribution in [0, 0.1) is 29.6 Å². The largest absolute Gasteiger partial charge is 0.0993 e. The molecule has 0 saturated heterocycles. The summed E-state index contributed by atoms with van der Waals surface area (Å²) in [7, 11) is 0. The van der Waals surface area contributed by atoms with Crippen LogP contribution in [0.1, 0.15) is 51.9 Å². The third-order valence-corrected chi connectivity index (χ3v) is 5.84. The van der Waals surface area contributed by atoms with Gasteiger partial charge in [-0.15, -0.1) is 0 Å². The van der Waals surface area contributed by atoms with Crippen LogP contribution in [0.3, 0.4) is 0 Å². The summed E-state index contributed by atoms with van der Waals surface area (Å²) in [6, 6.07) is 0. The maximum absolute atomic E-state index is 4.53. The molecule has 0 aromatic carbocycles. The summed E-state index contributed by atoms with van der Waals surface area (Å²) in [5.41, 5.74) is 3.22. The van der Waals surface area contributed by atoms with E-state index >= 15 is 0 Å². The molecule has 94 valence electrons. The first kappa shape index (κ1) is 11.6. The summed E-state index contributed by atoms with van der Waals surface area (Å²) in [5, 5.41) is 0. The van der Waals surface area contributed by atoms with E-state index in [9.17, 15) is 0 Å². The van der Waals surface area contributed by atoms with Crippen molar-refractivity contribution in [1.82, 2.24) is 0 Å². The van der Waals surface area contributed by atoms with Gasteiger partial charge in [-0.05, 0) is 48.9 Å². The highest BCUT2D eigenvalue weighted by molar-refractivity contribution is 5.28. The summed E-state index contributed by atoms with van der Waals surface area (Å²) in [4.78, 5) is 0. The number of hydrogen-bond acceptors (Lipinski definition) is 0. The smallest absolute Gasteiger partial charge is 0.0112 e. The Kier molecular flexibility index (Phi) is 2.92. The molecule has 0 heterocycles. The molecule has 0 amide bonds. The SMILES string of the molecule is C=C1C2CCCCC2C(=C)C2C(C)CCCC12. The Balaban J connectivity index is 1.92. The molecule has 0 nitrogen and oxygen atoms in total. The predicted octanol–water partition coefficient (Wildman–Crippen LogP) is 4.97. The first-order chi connectivity index (χ1) is 8.20. The monoisotopic (exact) mass is 230 g/mol. The van der Waals surface area contributed by atoms with Gasteiger partial charge in [0.15, 0.2) is 0 Å². The third kappa shape index (κ3) is 1.72. The Hall–Kier alpha value is -0.520. The second-order valence-electron chi connectivity index (χ2n) is 6.69. The molecule has 0 aromatic rings. The van der Waals surface area contributed by atoms with Crippen molar-refractivity contribution in [3.63, 3.8) is 0 Å². The summed E-state index contributed by atoms with van der Waals surface area (Å²) in [6.45, 7) is 11.5. The minimum Gasteiger partial charge on any atom is -0.0993 e. The van der Waals surface area contributed by atoms with Crippen LogP contribution in [0.4, 0.5) is 0 Å². The van der Waals surface area contributed by atoms with E-state index < -0.39 is 0 Å². The van der Waals surface area contributed by atoms with Crippen LogP contribution in [-0.4, -0.2) is 0 Å². The molecule has 5 atom stereocenters. The van der Waals surface area contributed by atoms with Crippen LogP contribution in [0.15, 0.2) is 24.3 Å². The molecule has 0 bridgehead atoms. The van der Waals surface area contributed by atoms with Crippen molar-refractivity contribution in [1.29, 1.82) is 0 Å². The van der Waals surface area contributed by atoms with Gasteiger partial charge in [0.05, 0.1) is 0 Å². The van der Waals surface area contributed by atoms with Gasteiger partial charge < -0.3 is 0 Å². The van der Waals surface area contributed by atoms with Gasteiger partial charge in [0.25, 0.3) is 0 Å². The second-order valence-corrected chi connectivity index (χ2v) is 6.69. The fourth-order valence-electron chi connectivity index (χ4n) is 5.00. The summed E-state index contributed by atoms with van der Waals surface area (Å²) in [6.07, 6.45) is 9.81. The highest BCUT2D eigenvalue weighted by atomic mass is 14.5. The van der Waals surface area contributed by atoms with E-state index in [0.717, 1.165) is 29.6 Å². The molecule has 3 saturated carbocycles. The average Bonchev–Trinajstić information content (AvgIpc) is 2.36. The molecule has 3 fully saturated rings. The molecule has 3 aliphatic rings. The minimum atomic E-state index is 0.774. The zero-order valence-corrected chi connectivity index (χ0v) is 11.3. The van der Waals surface area contributed by atoms with Gasteiger partial charge in [0, 0.05) is 0 Å². The van der Waals surface area contributed by atoms with E-state index in [1.807, 2.05) is 0 Å². The van der Waals surface area contributed by atoms with Gasteiger partial charge in [-0.2, -0.15) is 0 Å². The quantitative estimate of drug-likeness (QED) is 0.515. The van der Waals surface area contributed by atoms with E-state index in [1.165, 1.54) is 44.9 Å². The predicted molar refractivity (Wildman–Crippen MR) is 73.7 cm³/mol. The molecule has 5 unspecified atom stereocenters. The molecule has 0 radical (unpaired) electrons. The highest BCUT2D eigenvalue weighted by Gasteiger charge is 2.45. The van der Waals surface area contributed by atoms with Gasteiger partial charge in [0.1, 0.15) is 0 Å². The fourth-order valence-corrected chi connectivity index (χ4v) is 5.00. The lowest BCUT2D eigenvalue weighted by atomic mass is 9.54. The highest BCUT2D eigenvalue weighted by Crippen LogP contribution is 2.55. The molecule has 17 heavy (non-hydrogen) atoms. The first-order valence-electron chi connectivity index (χ1n) is 7.57. The Labute approximate surface area is 106 Å². The van der Waals surface area contributed by atoms with Crippen LogP contribution >= 0.6 is 0 Å². The lowest BCUT2D eigenvalue weighted by Gasteiger charge is -2.51. The lowest BCUT2D eigenvalue weighted by Crippen LogP contribution is -2.41. The maximum Gasteiger partial charge on any atom is -0.0112 e. The van der Waals surface area contributed by atoms with Gasteiger partial charge in [-0.1, -0.05) is 56.9 Å². The van der Waals surface area contributed by atoms with E-state index in [4.69, 9.17) is 0 Å². The van der Waals surface area contributed by atoms with Crippen molar-refractivity contribution in [3.05, 3.63) is 24.3 Å².